The average Bonchev–Trinajstić information content (AvgIpc) is 2.90. The largest absolute Gasteiger partial charge is 0.472 e. The molecule has 2 aromatic rings. The molecule has 0 saturated heterocycles. The summed E-state index contributed by atoms with van der Waals surface area (Å²) in [5.74, 6) is 0. The van der Waals surface area contributed by atoms with E-state index in [1.165, 1.54) is 5.41 Å². The van der Waals surface area contributed by atoms with Crippen LogP contribution in [0.1, 0.15) is 18.1 Å². The van der Waals surface area contributed by atoms with Crippen LogP contribution in [0.5, 0.6) is 0 Å². The van der Waals surface area contributed by atoms with Crippen LogP contribution in [-0.4, -0.2) is 14.5 Å². The molecule has 0 aliphatic heterocycles. The van der Waals surface area contributed by atoms with Crippen molar-refractivity contribution in [1.29, 1.82) is 0 Å². The standard InChI is InChI=1S/C15H17NO3S/c1-13(11-15-7-9-19-12-15)16-20(17,18)10-8-14-5-3-2-4-6-14/h2-10,12-13,16H,11H2,1H3. The topological polar surface area (TPSA) is 59.3 Å². The molecule has 1 unspecified atom stereocenters. The van der Waals surface area contributed by atoms with E-state index in [2.05, 4.69) is 4.72 Å². The summed E-state index contributed by atoms with van der Waals surface area (Å²) in [6, 6.07) is 10.9. The van der Waals surface area contributed by atoms with Crippen molar-refractivity contribution in [2.24, 2.45) is 0 Å². The molecule has 2 rings (SSSR count). The Morgan fingerprint density at radius 3 is 2.65 bits per heavy atom. The van der Waals surface area contributed by atoms with E-state index in [4.69, 9.17) is 4.42 Å². The summed E-state index contributed by atoms with van der Waals surface area (Å²) < 4.78 is 31.4. The Morgan fingerprint density at radius 1 is 1.25 bits per heavy atom. The number of furan rings is 1. The highest BCUT2D eigenvalue weighted by Crippen LogP contribution is 2.06. The third-order valence-corrected chi connectivity index (χ3v) is 3.95. The smallest absolute Gasteiger partial charge is 0.233 e. The molecule has 106 valence electrons. The van der Waals surface area contributed by atoms with Crippen molar-refractivity contribution in [2.75, 3.05) is 0 Å². The van der Waals surface area contributed by atoms with E-state index in [9.17, 15) is 8.42 Å². The summed E-state index contributed by atoms with van der Waals surface area (Å²) in [4.78, 5) is 0. The van der Waals surface area contributed by atoms with Crippen molar-refractivity contribution in [3.05, 3.63) is 65.5 Å². The van der Waals surface area contributed by atoms with Crippen molar-refractivity contribution in [2.45, 2.75) is 19.4 Å². The Bertz CT molecular complexity index is 646. The summed E-state index contributed by atoms with van der Waals surface area (Å²) >= 11 is 0. The highest BCUT2D eigenvalue weighted by molar-refractivity contribution is 7.92. The Labute approximate surface area is 119 Å². The summed E-state index contributed by atoms with van der Waals surface area (Å²) in [5.41, 5.74) is 1.81. The maximum atomic E-state index is 11.9. The molecule has 1 N–H and O–H groups in total. The molecular formula is C15H17NO3S. The molecule has 1 aromatic heterocycles. The summed E-state index contributed by atoms with van der Waals surface area (Å²) in [5, 5.41) is 1.19. The number of benzene rings is 1. The second-order valence-electron chi connectivity index (χ2n) is 4.61. The molecular weight excluding hydrogens is 274 g/mol. The first-order valence-electron chi connectivity index (χ1n) is 6.32. The fourth-order valence-corrected chi connectivity index (χ4v) is 2.92. The molecule has 0 fully saturated rings. The first-order chi connectivity index (χ1) is 9.55. The molecule has 0 saturated carbocycles. The van der Waals surface area contributed by atoms with E-state index >= 15 is 0 Å². The minimum atomic E-state index is -3.44. The van der Waals surface area contributed by atoms with Crippen LogP contribution in [0.25, 0.3) is 6.08 Å². The molecule has 0 aliphatic rings. The van der Waals surface area contributed by atoms with Gasteiger partial charge in [0.25, 0.3) is 0 Å². The van der Waals surface area contributed by atoms with E-state index in [0.717, 1.165) is 11.1 Å². The zero-order chi connectivity index (χ0) is 14.4. The molecule has 0 spiro atoms. The van der Waals surface area contributed by atoms with Gasteiger partial charge in [-0.05, 0) is 36.6 Å². The maximum Gasteiger partial charge on any atom is 0.233 e. The third kappa shape index (κ3) is 4.68. The van der Waals surface area contributed by atoms with Gasteiger partial charge >= 0.3 is 0 Å². The number of rotatable bonds is 6. The van der Waals surface area contributed by atoms with Gasteiger partial charge in [0.05, 0.1) is 12.5 Å². The van der Waals surface area contributed by atoms with Crippen LogP contribution in [0.4, 0.5) is 0 Å². The molecule has 1 heterocycles. The lowest BCUT2D eigenvalue weighted by atomic mass is 10.1. The van der Waals surface area contributed by atoms with Crippen molar-refractivity contribution in [1.82, 2.24) is 4.72 Å². The maximum absolute atomic E-state index is 11.9. The van der Waals surface area contributed by atoms with Gasteiger partial charge in [-0.3, -0.25) is 0 Å². The molecule has 0 radical (unpaired) electrons. The van der Waals surface area contributed by atoms with E-state index in [0.29, 0.717) is 6.42 Å². The summed E-state index contributed by atoms with van der Waals surface area (Å²) in [6.45, 7) is 1.82. The van der Waals surface area contributed by atoms with Crippen LogP contribution in [0.2, 0.25) is 0 Å². The number of sulfonamides is 1. The first kappa shape index (κ1) is 14.6. The monoisotopic (exact) mass is 291 g/mol. The minimum Gasteiger partial charge on any atom is -0.472 e. The van der Waals surface area contributed by atoms with Gasteiger partial charge in [0.15, 0.2) is 0 Å². The van der Waals surface area contributed by atoms with E-state index in [-0.39, 0.29) is 6.04 Å². The zero-order valence-electron chi connectivity index (χ0n) is 11.2. The lowest BCUT2D eigenvalue weighted by Crippen LogP contribution is -2.32. The normalized spacial score (nSPS) is 13.7. The molecule has 0 aliphatic carbocycles. The number of hydrogen-bond acceptors (Lipinski definition) is 3. The average molecular weight is 291 g/mol. The minimum absolute atomic E-state index is 0.196. The van der Waals surface area contributed by atoms with Crippen LogP contribution in [0, 0.1) is 0 Å². The number of hydrogen-bond donors (Lipinski definition) is 1. The van der Waals surface area contributed by atoms with Crippen LogP contribution < -0.4 is 4.72 Å². The number of nitrogens with one attached hydrogen (secondary N) is 1. The van der Waals surface area contributed by atoms with Gasteiger partial charge in [-0.1, -0.05) is 30.3 Å². The molecule has 20 heavy (non-hydrogen) atoms. The van der Waals surface area contributed by atoms with Gasteiger partial charge in [-0.2, -0.15) is 0 Å². The zero-order valence-corrected chi connectivity index (χ0v) is 12.0. The fraction of sp³-hybridized carbons (Fsp3) is 0.200. The Kier molecular flexibility index (Phi) is 4.76. The van der Waals surface area contributed by atoms with Crippen molar-refractivity contribution in [3.63, 3.8) is 0 Å². The van der Waals surface area contributed by atoms with Crippen LogP contribution in [-0.2, 0) is 16.4 Å². The summed E-state index contributed by atoms with van der Waals surface area (Å²) in [6.07, 6.45) is 5.36. The second-order valence-corrected chi connectivity index (χ2v) is 6.21. The van der Waals surface area contributed by atoms with Crippen molar-refractivity contribution < 1.29 is 12.8 Å². The molecule has 1 atom stereocenters. The Morgan fingerprint density at radius 2 is 2.00 bits per heavy atom. The predicted molar refractivity (Wildman–Crippen MR) is 79.4 cm³/mol. The van der Waals surface area contributed by atoms with Crippen molar-refractivity contribution >= 4 is 16.1 Å². The van der Waals surface area contributed by atoms with Crippen LogP contribution in [0.15, 0.2) is 58.7 Å². The van der Waals surface area contributed by atoms with E-state index in [1.54, 1.807) is 18.6 Å². The molecule has 0 bridgehead atoms. The third-order valence-electron chi connectivity index (χ3n) is 2.73. The molecule has 5 heteroatoms. The molecule has 4 nitrogen and oxygen atoms in total. The quantitative estimate of drug-likeness (QED) is 0.890. The van der Waals surface area contributed by atoms with Crippen LogP contribution in [0.3, 0.4) is 0 Å². The Balaban J connectivity index is 1.95. The molecule has 1 aromatic carbocycles. The van der Waals surface area contributed by atoms with Gasteiger partial charge in [0.1, 0.15) is 0 Å². The van der Waals surface area contributed by atoms with Gasteiger partial charge in [0.2, 0.25) is 10.0 Å². The molecule has 0 amide bonds. The fourth-order valence-electron chi connectivity index (χ4n) is 1.86. The second kappa shape index (κ2) is 6.54. The van der Waals surface area contributed by atoms with Crippen LogP contribution >= 0.6 is 0 Å². The highest BCUT2D eigenvalue weighted by Gasteiger charge is 2.12. The van der Waals surface area contributed by atoms with Gasteiger partial charge in [-0.25, -0.2) is 13.1 Å². The van der Waals surface area contributed by atoms with Crippen molar-refractivity contribution in [3.8, 4) is 0 Å². The van der Waals surface area contributed by atoms with E-state index in [1.807, 2.05) is 43.3 Å². The lowest BCUT2D eigenvalue weighted by molar-refractivity contribution is 0.553. The van der Waals surface area contributed by atoms with E-state index < -0.39 is 10.0 Å². The Hall–Kier alpha value is -1.85. The highest BCUT2D eigenvalue weighted by atomic mass is 32.2. The summed E-state index contributed by atoms with van der Waals surface area (Å²) in [7, 11) is -3.44. The lowest BCUT2D eigenvalue weighted by Gasteiger charge is -2.10. The SMILES string of the molecule is CC(Cc1ccoc1)NS(=O)(=O)C=Cc1ccccc1. The van der Waals surface area contributed by atoms with Gasteiger partial charge in [0, 0.05) is 11.4 Å². The van der Waals surface area contributed by atoms with Gasteiger partial charge in [-0.15, -0.1) is 0 Å². The predicted octanol–water partition coefficient (Wildman–Crippen LogP) is 2.80. The van der Waals surface area contributed by atoms with Gasteiger partial charge < -0.3 is 4.42 Å². The first-order valence-corrected chi connectivity index (χ1v) is 7.86.